The number of fused-ring (bicyclic) bond motifs is 1. The van der Waals surface area contributed by atoms with Crippen molar-refractivity contribution in [3.8, 4) is 11.1 Å². The molecule has 0 spiro atoms. The van der Waals surface area contributed by atoms with Crippen LogP contribution in [0.25, 0.3) is 22.2 Å². The Balaban J connectivity index is 2.54. The lowest BCUT2D eigenvalue weighted by molar-refractivity contribution is 0.708. The van der Waals surface area contributed by atoms with E-state index in [0.29, 0.717) is 11.0 Å². The van der Waals surface area contributed by atoms with Crippen LogP contribution in [0, 0.1) is 0 Å². The molecule has 0 N–H and O–H groups in total. The first-order chi connectivity index (χ1) is 9.61. The molecule has 0 amide bonds. The molecule has 1 aromatic carbocycles. The van der Waals surface area contributed by atoms with Crippen LogP contribution in [0.4, 0.5) is 0 Å². The second-order valence-electron chi connectivity index (χ2n) is 4.63. The highest BCUT2D eigenvalue weighted by Gasteiger charge is 2.13. The predicted molar refractivity (Wildman–Crippen MR) is 77.7 cm³/mol. The molecule has 0 saturated carbocycles. The minimum Gasteiger partial charge on any atom is -0.280 e. The van der Waals surface area contributed by atoms with E-state index in [9.17, 15) is 9.59 Å². The van der Waals surface area contributed by atoms with Crippen molar-refractivity contribution in [2.24, 2.45) is 14.1 Å². The van der Waals surface area contributed by atoms with Crippen molar-refractivity contribution in [2.45, 2.75) is 0 Å². The molecular weight excluding hydrogens is 254 g/mol. The van der Waals surface area contributed by atoms with Crippen LogP contribution in [0.15, 0.2) is 52.2 Å². The Kier molecular flexibility index (Phi) is 2.75. The molecule has 0 aliphatic rings. The van der Waals surface area contributed by atoms with Crippen LogP contribution in [0.5, 0.6) is 0 Å². The average molecular weight is 267 g/mol. The molecule has 5 nitrogen and oxygen atoms in total. The summed E-state index contributed by atoms with van der Waals surface area (Å²) in [5.41, 5.74) is 1.41. The quantitative estimate of drug-likeness (QED) is 0.667. The summed E-state index contributed by atoms with van der Waals surface area (Å²) < 4.78 is 2.50. The zero-order valence-corrected chi connectivity index (χ0v) is 11.2. The molecule has 2 heterocycles. The van der Waals surface area contributed by atoms with Gasteiger partial charge in [-0.25, -0.2) is 9.78 Å². The zero-order valence-electron chi connectivity index (χ0n) is 11.2. The summed E-state index contributed by atoms with van der Waals surface area (Å²) in [5.74, 6) is 0. The van der Waals surface area contributed by atoms with E-state index in [1.165, 1.54) is 11.6 Å². The van der Waals surface area contributed by atoms with Crippen LogP contribution in [-0.2, 0) is 14.1 Å². The lowest BCUT2D eigenvalue weighted by Crippen LogP contribution is -2.37. The third-order valence-corrected chi connectivity index (χ3v) is 3.43. The highest BCUT2D eigenvalue weighted by molar-refractivity contribution is 5.91. The topological polar surface area (TPSA) is 56.9 Å². The van der Waals surface area contributed by atoms with Crippen molar-refractivity contribution >= 4 is 11.0 Å². The van der Waals surface area contributed by atoms with E-state index >= 15 is 0 Å². The van der Waals surface area contributed by atoms with Gasteiger partial charge in [-0.2, -0.15) is 0 Å². The van der Waals surface area contributed by atoms with Gasteiger partial charge >= 0.3 is 5.69 Å². The van der Waals surface area contributed by atoms with Gasteiger partial charge in [0.05, 0.1) is 5.39 Å². The fraction of sp³-hybridized carbons (Fsp3) is 0.133. The van der Waals surface area contributed by atoms with Crippen LogP contribution in [0.1, 0.15) is 0 Å². The van der Waals surface area contributed by atoms with E-state index in [-0.39, 0.29) is 11.2 Å². The number of nitrogens with zero attached hydrogens (tertiary/aromatic N) is 3. The standard InChI is InChI=1S/C15H13N3O2/c1-17-13-12(14(19)18(2)15(17)20)11(8-9-16-13)10-6-4-3-5-7-10/h3-9H,1-2H3. The first kappa shape index (κ1) is 12.3. The Labute approximate surface area is 114 Å². The molecule has 3 rings (SSSR count). The van der Waals surface area contributed by atoms with E-state index in [1.54, 1.807) is 19.3 Å². The molecule has 0 bridgehead atoms. The van der Waals surface area contributed by atoms with Gasteiger partial charge < -0.3 is 0 Å². The van der Waals surface area contributed by atoms with E-state index < -0.39 is 0 Å². The monoisotopic (exact) mass is 267 g/mol. The van der Waals surface area contributed by atoms with Crippen LogP contribution in [0.2, 0.25) is 0 Å². The predicted octanol–water partition coefficient (Wildman–Crippen LogP) is 1.30. The molecule has 100 valence electrons. The minimum atomic E-state index is -0.375. The van der Waals surface area contributed by atoms with Gasteiger partial charge in [-0.15, -0.1) is 0 Å². The van der Waals surface area contributed by atoms with Gasteiger partial charge in [0, 0.05) is 20.3 Å². The SMILES string of the molecule is Cn1c(=O)c2c(-c3ccccc3)ccnc2n(C)c1=O. The summed E-state index contributed by atoms with van der Waals surface area (Å²) in [6.07, 6.45) is 1.61. The largest absolute Gasteiger partial charge is 0.332 e. The van der Waals surface area contributed by atoms with Gasteiger partial charge in [-0.3, -0.25) is 13.9 Å². The van der Waals surface area contributed by atoms with Gasteiger partial charge in [-0.1, -0.05) is 30.3 Å². The second kappa shape index (κ2) is 4.45. The van der Waals surface area contributed by atoms with Crippen molar-refractivity contribution < 1.29 is 0 Å². The van der Waals surface area contributed by atoms with Crippen LogP contribution < -0.4 is 11.2 Å². The van der Waals surface area contributed by atoms with Gasteiger partial charge in [0.1, 0.15) is 5.65 Å². The number of aryl methyl sites for hydroxylation is 1. The van der Waals surface area contributed by atoms with E-state index in [1.807, 2.05) is 30.3 Å². The van der Waals surface area contributed by atoms with Gasteiger partial charge in [0.25, 0.3) is 5.56 Å². The number of aromatic nitrogens is 3. The maximum absolute atomic E-state index is 12.4. The number of benzene rings is 1. The molecule has 0 saturated heterocycles. The Morgan fingerprint density at radius 1 is 0.950 bits per heavy atom. The van der Waals surface area contributed by atoms with Crippen molar-refractivity contribution in [1.82, 2.24) is 14.1 Å². The normalized spacial score (nSPS) is 10.9. The van der Waals surface area contributed by atoms with Crippen molar-refractivity contribution in [1.29, 1.82) is 0 Å². The summed E-state index contributed by atoms with van der Waals surface area (Å²) in [4.78, 5) is 28.5. The van der Waals surface area contributed by atoms with E-state index in [2.05, 4.69) is 4.98 Å². The molecule has 0 unspecified atom stereocenters. The Morgan fingerprint density at radius 3 is 2.35 bits per heavy atom. The first-order valence-electron chi connectivity index (χ1n) is 6.21. The summed E-state index contributed by atoms with van der Waals surface area (Å²) >= 11 is 0. The third kappa shape index (κ3) is 1.67. The molecule has 0 atom stereocenters. The van der Waals surface area contributed by atoms with Crippen LogP contribution in [0.3, 0.4) is 0 Å². The average Bonchev–Trinajstić information content (AvgIpc) is 2.51. The first-order valence-corrected chi connectivity index (χ1v) is 6.21. The highest BCUT2D eigenvalue weighted by Crippen LogP contribution is 2.23. The fourth-order valence-corrected chi connectivity index (χ4v) is 2.34. The number of pyridine rings is 1. The molecule has 0 fully saturated rings. The van der Waals surface area contributed by atoms with E-state index in [4.69, 9.17) is 0 Å². The van der Waals surface area contributed by atoms with Gasteiger partial charge in [-0.05, 0) is 17.2 Å². The van der Waals surface area contributed by atoms with Crippen LogP contribution in [-0.4, -0.2) is 14.1 Å². The van der Waals surface area contributed by atoms with Gasteiger partial charge in [0.2, 0.25) is 0 Å². The molecule has 2 aromatic heterocycles. The van der Waals surface area contributed by atoms with Crippen molar-refractivity contribution in [3.63, 3.8) is 0 Å². The molecule has 0 aliphatic heterocycles. The van der Waals surface area contributed by atoms with E-state index in [0.717, 1.165) is 15.7 Å². The molecule has 5 heteroatoms. The lowest BCUT2D eigenvalue weighted by Gasteiger charge is -2.10. The highest BCUT2D eigenvalue weighted by atomic mass is 16.2. The molecule has 0 radical (unpaired) electrons. The molecule has 3 aromatic rings. The summed E-state index contributed by atoms with van der Waals surface area (Å²) in [7, 11) is 3.10. The zero-order chi connectivity index (χ0) is 14.3. The molecular formula is C15H13N3O2. The Bertz CT molecular complexity index is 908. The number of hydrogen-bond acceptors (Lipinski definition) is 3. The summed E-state index contributed by atoms with van der Waals surface area (Å²) in [6, 6.07) is 11.4. The third-order valence-electron chi connectivity index (χ3n) is 3.43. The summed E-state index contributed by atoms with van der Waals surface area (Å²) in [5, 5.41) is 0.461. The Hall–Kier alpha value is -2.69. The lowest BCUT2D eigenvalue weighted by atomic mass is 10.0. The second-order valence-corrected chi connectivity index (χ2v) is 4.63. The summed E-state index contributed by atoms with van der Waals surface area (Å²) in [6.45, 7) is 0. The fourth-order valence-electron chi connectivity index (χ4n) is 2.34. The minimum absolute atomic E-state index is 0.324. The maximum Gasteiger partial charge on any atom is 0.332 e. The maximum atomic E-state index is 12.4. The van der Waals surface area contributed by atoms with Crippen molar-refractivity contribution in [2.75, 3.05) is 0 Å². The molecule has 0 aliphatic carbocycles. The number of hydrogen-bond donors (Lipinski definition) is 0. The smallest absolute Gasteiger partial charge is 0.280 e. The number of rotatable bonds is 1. The Morgan fingerprint density at radius 2 is 1.65 bits per heavy atom. The molecule has 20 heavy (non-hydrogen) atoms. The van der Waals surface area contributed by atoms with Gasteiger partial charge in [0.15, 0.2) is 0 Å². The van der Waals surface area contributed by atoms with Crippen molar-refractivity contribution in [3.05, 3.63) is 63.4 Å². The van der Waals surface area contributed by atoms with Crippen LogP contribution >= 0.6 is 0 Å².